The van der Waals surface area contributed by atoms with Crippen LogP contribution in [0.2, 0.25) is 0 Å². The van der Waals surface area contributed by atoms with Crippen molar-refractivity contribution in [2.75, 3.05) is 0 Å². The van der Waals surface area contributed by atoms with E-state index in [2.05, 4.69) is 30.4 Å². The fourth-order valence-corrected chi connectivity index (χ4v) is 1.39. The average Bonchev–Trinajstić information content (AvgIpc) is 1.96. The lowest BCUT2D eigenvalue weighted by atomic mass is 10.1. The van der Waals surface area contributed by atoms with Crippen LogP contribution < -0.4 is 0 Å². The first-order valence-corrected chi connectivity index (χ1v) is 4.36. The summed E-state index contributed by atoms with van der Waals surface area (Å²) >= 11 is 1.67. The van der Waals surface area contributed by atoms with E-state index in [1.54, 1.807) is 11.9 Å². The van der Waals surface area contributed by atoms with Crippen molar-refractivity contribution in [1.82, 2.24) is 0 Å². The quantitative estimate of drug-likeness (QED) is 0.530. The molecule has 1 unspecified atom stereocenters. The van der Waals surface area contributed by atoms with Crippen LogP contribution in [0, 0.1) is 0 Å². The van der Waals surface area contributed by atoms with Crippen molar-refractivity contribution in [2.24, 2.45) is 4.40 Å². The van der Waals surface area contributed by atoms with Crippen molar-refractivity contribution < 1.29 is 0 Å². The third-order valence-electron chi connectivity index (χ3n) is 1.78. The lowest BCUT2D eigenvalue weighted by Gasteiger charge is -2.23. The summed E-state index contributed by atoms with van der Waals surface area (Å²) in [6.45, 7) is 6.43. The van der Waals surface area contributed by atoms with Gasteiger partial charge in [0.2, 0.25) is 0 Å². The number of allylic oxidation sites excluding steroid dienone is 1. The van der Waals surface area contributed by atoms with E-state index in [1.807, 2.05) is 6.92 Å². The van der Waals surface area contributed by atoms with Gasteiger partial charge in [-0.2, -0.15) is 0 Å². The summed E-state index contributed by atoms with van der Waals surface area (Å²) < 4.78 is 4.55. The Kier molecular flexibility index (Phi) is 2.19. The fourth-order valence-electron chi connectivity index (χ4n) is 0.716. The van der Waals surface area contributed by atoms with Crippen LogP contribution in [-0.2, 0) is 0 Å². The maximum Gasteiger partial charge on any atom is 0.0530 e. The van der Waals surface area contributed by atoms with Gasteiger partial charge in [-0.1, -0.05) is 13.0 Å². The third kappa shape index (κ3) is 1.63. The van der Waals surface area contributed by atoms with Gasteiger partial charge in [-0.05, 0) is 38.3 Å². The minimum Gasteiger partial charge on any atom is -0.221 e. The summed E-state index contributed by atoms with van der Waals surface area (Å²) in [7, 11) is 0. The predicted octanol–water partition coefficient (Wildman–Crippen LogP) is 2.83. The third-order valence-corrected chi connectivity index (χ3v) is 3.00. The molecule has 1 rings (SSSR count). The first-order chi connectivity index (χ1) is 4.66. The average molecular weight is 155 g/mol. The number of nitrogens with zero attached hydrogens (tertiary/aromatic N) is 1. The highest BCUT2D eigenvalue weighted by Gasteiger charge is 2.21. The summed E-state index contributed by atoms with van der Waals surface area (Å²) in [6, 6.07) is 0. The van der Waals surface area contributed by atoms with Gasteiger partial charge in [0, 0.05) is 5.71 Å². The van der Waals surface area contributed by atoms with E-state index in [0.29, 0.717) is 0 Å². The Morgan fingerprint density at radius 1 is 1.70 bits per heavy atom. The molecule has 0 N–H and O–H groups in total. The molecule has 0 aromatic rings. The molecule has 56 valence electrons. The molecule has 0 saturated carbocycles. The number of rotatable bonds is 1. The van der Waals surface area contributed by atoms with Crippen LogP contribution in [0.4, 0.5) is 0 Å². The zero-order chi connectivity index (χ0) is 7.61. The molecule has 0 amide bonds. The highest BCUT2D eigenvalue weighted by atomic mass is 32.2. The minimum atomic E-state index is 0.250. The van der Waals surface area contributed by atoms with Crippen molar-refractivity contribution in [1.29, 1.82) is 0 Å². The largest absolute Gasteiger partial charge is 0.221 e. The minimum absolute atomic E-state index is 0.250. The Bertz CT molecular complexity index is 184. The van der Waals surface area contributed by atoms with Gasteiger partial charge < -0.3 is 0 Å². The number of hydrogen-bond donors (Lipinski definition) is 0. The molecule has 1 aliphatic rings. The molecule has 0 aromatic carbocycles. The van der Waals surface area contributed by atoms with Crippen molar-refractivity contribution in [3.8, 4) is 0 Å². The topological polar surface area (TPSA) is 12.4 Å². The van der Waals surface area contributed by atoms with Gasteiger partial charge in [-0.3, -0.25) is 0 Å². The summed E-state index contributed by atoms with van der Waals surface area (Å²) in [5.74, 6) is 0. The van der Waals surface area contributed by atoms with Gasteiger partial charge >= 0.3 is 0 Å². The van der Waals surface area contributed by atoms with E-state index in [4.69, 9.17) is 0 Å². The maximum atomic E-state index is 4.30. The van der Waals surface area contributed by atoms with Gasteiger partial charge in [-0.25, -0.2) is 4.40 Å². The normalized spacial score (nSPS) is 32.1. The van der Waals surface area contributed by atoms with E-state index in [0.717, 1.165) is 12.1 Å². The lowest BCUT2D eigenvalue weighted by Crippen LogP contribution is -2.16. The van der Waals surface area contributed by atoms with E-state index in [1.165, 1.54) is 0 Å². The molecule has 0 aliphatic carbocycles. The molecule has 2 heteroatoms. The van der Waals surface area contributed by atoms with Crippen LogP contribution in [0.5, 0.6) is 0 Å². The molecular formula is C8H13NS. The second-order valence-electron chi connectivity index (χ2n) is 2.82. The predicted molar refractivity (Wildman–Crippen MR) is 48.5 cm³/mol. The highest BCUT2D eigenvalue weighted by Crippen LogP contribution is 2.33. The van der Waals surface area contributed by atoms with E-state index in [-0.39, 0.29) is 4.75 Å². The Morgan fingerprint density at radius 2 is 2.40 bits per heavy atom. The summed E-state index contributed by atoms with van der Waals surface area (Å²) in [5.41, 5.74) is 1.12. The van der Waals surface area contributed by atoms with Crippen LogP contribution in [0.15, 0.2) is 16.5 Å². The van der Waals surface area contributed by atoms with E-state index < -0.39 is 0 Å². The molecule has 0 radical (unpaired) electrons. The van der Waals surface area contributed by atoms with Crippen LogP contribution in [0.25, 0.3) is 0 Å². The fraction of sp³-hybridized carbons (Fsp3) is 0.625. The number of hydrogen-bond acceptors (Lipinski definition) is 2. The van der Waals surface area contributed by atoms with Crippen LogP contribution in [-0.4, -0.2) is 10.5 Å². The molecule has 0 fully saturated rings. The highest BCUT2D eigenvalue weighted by molar-refractivity contribution is 7.99. The van der Waals surface area contributed by atoms with Crippen LogP contribution in [0.1, 0.15) is 27.2 Å². The van der Waals surface area contributed by atoms with Crippen LogP contribution in [0.3, 0.4) is 0 Å². The van der Waals surface area contributed by atoms with Gasteiger partial charge in [-0.15, -0.1) is 0 Å². The van der Waals surface area contributed by atoms with Gasteiger partial charge in [0.15, 0.2) is 0 Å². The summed E-state index contributed by atoms with van der Waals surface area (Å²) in [6.07, 6.45) is 5.48. The second-order valence-corrected chi connectivity index (χ2v) is 4.12. The Labute approximate surface area is 66.8 Å². The molecule has 0 aromatic heterocycles. The van der Waals surface area contributed by atoms with Crippen molar-refractivity contribution in [3.05, 3.63) is 12.2 Å². The zero-order valence-electron chi connectivity index (χ0n) is 6.72. The molecule has 1 aliphatic heterocycles. The molecule has 0 spiro atoms. The van der Waals surface area contributed by atoms with Crippen LogP contribution >= 0.6 is 11.9 Å². The van der Waals surface area contributed by atoms with Crippen molar-refractivity contribution in [3.63, 3.8) is 0 Å². The zero-order valence-corrected chi connectivity index (χ0v) is 7.53. The van der Waals surface area contributed by atoms with E-state index >= 15 is 0 Å². The molecule has 0 saturated heterocycles. The monoisotopic (exact) mass is 155 g/mol. The molecule has 1 nitrogen and oxygen atoms in total. The molecular weight excluding hydrogens is 142 g/mol. The van der Waals surface area contributed by atoms with Gasteiger partial charge in [0.25, 0.3) is 0 Å². The SMILES string of the molecule is CCC1(C)C=CC(C)=NS1. The first-order valence-electron chi connectivity index (χ1n) is 3.58. The molecule has 1 atom stereocenters. The maximum absolute atomic E-state index is 4.30. The van der Waals surface area contributed by atoms with Gasteiger partial charge in [0.1, 0.15) is 0 Å². The molecule has 1 heterocycles. The van der Waals surface area contributed by atoms with Crippen molar-refractivity contribution in [2.45, 2.75) is 31.9 Å². The smallest absolute Gasteiger partial charge is 0.0530 e. The van der Waals surface area contributed by atoms with E-state index in [9.17, 15) is 0 Å². The standard InChI is InChI=1S/C8H13NS/c1-4-8(3)6-5-7(2)9-10-8/h5-6H,4H2,1-3H3. The molecule has 0 bridgehead atoms. The summed E-state index contributed by atoms with van der Waals surface area (Å²) in [4.78, 5) is 0. The Hall–Kier alpha value is -0.240. The Morgan fingerprint density at radius 3 is 2.80 bits per heavy atom. The lowest BCUT2D eigenvalue weighted by molar-refractivity contribution is 0.754. The summed E-state index contributed by atoms with van der Waals surface area (Å²) in [5, 5.41) is 0. The first kappa shape index (κ1) is 7.86. The van der Waals surface area contributed by atoms with Crippen molar-refractivity contribution >= 4 is 17.7 Å². The molecule has 10 heavy (non-hydrogen) atoms. The Balaban J connectivity index is 2.67. The van der Waals surface area contributed by atoms with Gasteiger partial charge in [0.05, 0.1) is 4.75 Å². The second kappa shape index (κ2) is 2.79.